The number of carbonyl (C=O) groups is 1. The van der Waals surface area contributed by atoms with Gasteiger partial charge in [-0.15, -0.1) is 11.3 Å². The molecule has 4 aromatic rings. The van der Waals surface area contributed by atoms with E-state index in [1.54, 1.807) is 30.6 Å². The molecule has 3 aromatic heterocycles. The van der Waals surface area contributed by atoms with Crippen molar-refractivity contribution >= 4 is 45.1 Å². The van der Waals surface area contributed by atoms with Crippen LogP contribution in [0.25, 0.3) is 22.3 Å². The van der Waals surface area contributed by atoms with Crippen molar-refractivity contribution in [1.82, 2.24) is 18.7 Å². The first-order valence-electron chi connectivity index (χ1n) is 6.69. The third kappa shape index (κ3) is 2.81. The minimum Gasteiger partial charge on any atom is -0.298 e. The smallest absolute Gasteiger partial charge is 0.257 e. The topological polar surface area (TPSA) is 80.7 Å². The standard InChI is InChI=1S/C15H9N5OS2/c21-14(9-3-4-11-12(6-9)20-23-19-11)18-15-17-13(8-22-15)10-2-1-5-16-7-10/h1-8H,(H,17,18,21). The molecule has 6 nitrogen and oxygen atoms in total. The number of nitrogens with zero attached hydrogens (tertiary/aromatic N) is 4. The van der Waals surface area contributed by atoms with Crippen LogP contribution in [-0.2, 0) is 0 Å². The second kappa shape index (κ2) is 5.82. The fourth-order valence-corrected chi connectivity index (χ4v) is 3.30. The molecule has 0 saturated heterocycles. The number of hydrogen-bond donors (Lipinski definition) is 1. The number of aromatic nitrogens is 4. The summed E-state index contributed by atoms with van der Waals surface area (Å²) in [6, 6.07) is 9.02. The van der Waals surface area contributed by atoms with Crippen LogP contribution in [-0.4, -0.2) is 24.6 Å². The summed E-state index contributed by atoms with van der Waals surface area (Å²) in [6.07, 6.45) is 3.45. The number of fused-ring (bicyclic) bond motifs is 1. The molecule has 0 aliphatic rings. The van der Waals surface area contributed by atoms with Gasteiger partial charge in [-0.25, -0.2) is 4.98 Å². The second-order valence-electron chi connectivity index (χ2n) is 4.70. The van der Waals surface area contributed by atoms with Crippen molar-refractivity contribution in [3.63, 3.8) is 0 Å². The zero-order valence-electron chi connectivity index (χ0n) is 11.6. The molecule has 0 fully saturated rings. The van der Waals surface area contributed by atoms with Crippen LogP contribution in [0.5, 0.6) is 0 Å². The average molecular weight is 339 g/mol. The van der Waals surface area contributed by atoms with Crippen molar-refractivity contribution in [2.24, 2.45) is 0 Å². The highest BCUT2D eigenvalue weighted by molar-refractivity contribution is 7.14. The highest BCUT2D eigenvalue weighted by Crippen LogP contribution is 2.24. The number of thiazole rings is 1. The Bertz CT molecular complexity index is 980. The van der Waals surface area contributed by atoms with Crippen LogP contribution >= 0.6 is 23.1 Å². The Kier molecular flexibility index (Phi) is 3.52. The van der Waals surface area contributed by atoms with E-state index >= 15 is 0 Å². The predicted molar refractivity (Wildman–Crippen MR) is 90.7 cm³/mol. The second-order valence-corrected chi connectivity index (χ2v) is 6.09. The molecular weight excluding hydrogens is 330 g/mol. The van der Waals surface area contributed by atoms with Gasteiger partial charge in [-0.1, -0.05) is 0 Å². The minimum absolute atomic E-state index is 0.216. The lowest BCUT2D eigenvalue weighted by Gasteiger charge is -2.01. The van der Waals surface area contributed by atoms with Crippen molar-refractivity contribution in [3.05, 3.63) is 53.7 Å². The minimum atomic E-state index is -0.216. The van der Waals surface area contributed by atoms with Crippen LogP contribution in [0.4, 0.5) is 5.13 Å². The molecule has 1 amide bonds. The van der Waals surface area contributed by atoms with Crippen LogP contribution < -0.4 is 5.32 Å². The van der Waals surface area contributed by atoms with Gasteiger partial charge < -0.3 is 0 Å². The summed E-state index contributed by atoms with van der Waals surface area (Å²) in [6.45, 7) is 0. The molecule has 3 heterocycles. The Labute approximate surface area is 139 Å². The third-order valence-electron chi connectivity index (χ3n) is 3.20. The maximum Gasteiger partial charge on any atom is 0.257 e. The van der Waals surface area contributed by atoms with Gasteiger partial charge in [-0.05, 0) is 30.3 Å². The lowest BCUT2D eigenvalue weighted by molar-refractivity contribution is 0.102. The van der Waals surface area contributed by atoms with Crippen molar-refractivity contribution in [3.8, 4) is 11.3 Å². The molecule has 4 rings (SSSR count). The van der Waals surface area contributed by atoms with E-state index in [2.05, 4.69) is 24.0 Å². The summed E-state index contributed by atoms with van der Waals surface area (Å²) in [4.78, 5) is 20.8. The fourth-order valence-electron chi connectivity index (χ4n) is 2.07. The summed E-state index contributed by atoms with van der Waals surface area (Å²) >= 11 is 2.51. The third-order valence-corrected chi connectivity index (χ3v) is 4.51. The largest absolute Gasteiger partial charge is 0.298 e. The average Bonchev–Trinajstić information content (AvgIpc) is 3.24. The lowest BCUT2D eigenvalue weighted by atomic mass is 10.2. The van der Waals surface area contributed by atoms with Crippen LogP contribution in [0.2, 0.25) is 0 Å². The molecule has 0 spiro atoms. The van der Waals surface area contributed by atoms with E-state index in [0.717, 1.165) is 34.0 Å². The van der Waals surface area contributed by atoms with Gasteiger partial charge in [-0.2, -0.15) is 8.75 Å². The molecule has 0 atom stereocenters. The number of rotatable bonds is 3. The number of carbonyl (C=O) groups excluding carboxylic acids is 1. The molecule has 0 unspecified atom stereocenters. The summed E-state index contributed by atoms with van der Waals surface area (Å²) in [5.41, 5.74) is 3.75. The first kappa shape index (κ1) is 13.9. The molecular formula is C15H9N5OS2. The number of benzene rings is 1. The predicted octanol–water partition coefficient (Wildman–Crippen LogP) is 3.46. The molecule has 0 bridgehead atoms. The quantitative estimate of drug-likeness (QED) is 0.618. The number of anilines is 1. The zero-order chi connectivity index (χ0) is 15.6. The Balaban J connectivity index is 1.55. The van der Waals surface area contributed by atoms with E-state index < -0.39 is 0 Å². The maximum atomic E-state index is 12.3. The highest BCUT2D eigenvalue weighted by atomic mass is 32.1. The normalized spacial score (nSPS) is 10.8. The van der Waals surface area contributed by atoms with Crippen LogP contribution in [0, 0.1) is 0 Å². The van der Waals surface area contributed by atoms with Crippen molar-refractivity contribution in [2.75, 3.05) is 5.32 Å². The molecule has 1 aromatic carbocycles. The van der Waals surface area contributed by atoms with Crippen LogP contribution in [0.3, 0.4) is 0 Å². The zero-order valence-corrected chi connectivity index (χ0v) is 13.3. The molecule has 0 aliphatic carbocycles. The molecule has 0 radical (unpaired) electrons. The SMILES string of the molecule is O=C(Nc1nc(-c2cccnc2)cs1)c1ccc2nsnc2c1. The van der Waals surface area contributed by atoms with Crippen LogP contribution in [0.1, 0.15) is 10.4 Å². The number of amides is 1. The van der Waals surface area contributed by atoms with E-state index in [9.17, 15) is 4.79 Å². The van der Waals surface area contributed by atoms with Gasteiger partial charge in [0.25, 0.3) is 5.91 Å². The van der Waals surface area contributed by atoms with E-state index in [-0.39, 0.29) is 5.91 Å². The summed E-state index contributed by atoms with van der Waals surface area (Å²) in [5, 5.41) is 5.24. The number of hydrogen-bond acceptors (Lipinski definition) is 7. The van der Waals surface area contributed by atoms with Gasteiger partial charge in [0, 0.05) is 28.9 Å². The fraction of sp³-hybridized carbons (Fsp3) is 0. The summed E-state index contributed by atoms with van der Waals surface area (Å²) < 4.78 is 8.27. The van der Waals surface area contributed by atoms with Gasteiger partial charge in [0.2, 0.25) is 0 Å². The van der Waals surface area contributed by atoms with E-state index in [1.807, 2.05) is 17.5 Å². The first-order valence-corrected chi connectivity index (χ1v) is 8.30. The molecule has 0 aliphatic heterocycles. The summed E-state index contributed by atoms with van der Waals surface area (Å²) in [7, 11) is 0. The number of nitrogens with one attached hydrogen (secondary N) is 1. The first-order chi connectivity index (χ1) is 11.3. The monoisotopic (exact) mass is 339 g/mol. The van der Waals surface area contributed by atoms with E-state index in [4.69, 9.17) is 0 Å². The molecule has 8 heteroatoms. The maximum absolute atomic E-state index is 12.3. The Morgan fingerprint density at radius 3 is 2.91 bits per heavy atom. The summed E-state index contributed by atoms with van der Waals surface area (Å²) in [5.74, 6) is -0.216. The van der Waals surface area contributed by atoms with Crippen molar-refractivity contribution in [2.45, 2.75) is 0 Å². The lowest BCUT2D eigenvalue weighted by Crippen LogP contribution is -2.11. The molecule has 23 heavy (non-hydrogen) atoms. The van der Waals surface area contributed by atoms with Crippen molar-refractivity contribution < 1.29 is 4.79 Å². The molecule has 0 saturated carbocycles. The molecule has 1 N–H and O–H groups in total. The molecule has 112 valence electrons. The Morgan fingerprint density at radius 2 is 2.04 bits per heavy atom. The highest BCUT2D eigenvalue weighted by Gasteiger charge is 2.11. The van der Waals surface area contributed by atoms with Gasteiger partial charge >= 0.3 is 0 Å². The van der Waals surface area contributed by atoms with Gasteiger partial charge in [0.15, 0.2) is 5.13 Å². The number of pyridine rings is 1. The van der Waals surface area contributed by atoms with Crippen molar-refractivity contribution in [1.29, 1.82) is 0 Å². The van der Waals surface area contributed by atoms with E-state index in [1.165, 1.54) is 11.3 Å². The van der Waals surface area contributed by atoms with Crippen LogP contribution in [0.15, 0.2) is 48.1 Å². The van der Waals surface area contributed by atoms with E-state index in [0.29, 0.717) is 10.7 Å². The van der Waals surface area contributed by atoms with Gasteiger partial charge in [0.1, 0.15) is 11.0 Å². The Hall–Kier alpha value is -2.71. The Morgan fingerprint density at radius 1 is 1.13 bits per heavy atom. The van der Waals surface area contributed by atoms with Gasteiger partial charge in [0.05, 0.1) is 17.4 Å². The van der Waals surface area contributed by atoms with Gasteiger partial charge in [-0.3, -0.25) is 15.1 Å².